The quantitative estimate of drug-likeness (QED) is 0.807. The van der Waals surface area contributed by atoms with E-state index in [1.54, 1.807) is 6.92 Å². The summed E-state index contributed by atoms with van der Waals surface area (Å²) >= 11 is 0. The van der Waals surface area contributed by atoms with Crippen molar-refractivity contribution in [3.8, 4) is 5.75 Å². The van der Waals surface area contributed by atoms with Crippen molar-refractivity contribution in [2.75, 3.05) is 0 Å². The zero-order valence-corrected chi connectivity index (χ0v) is 9.42. The third-order valence-electron chi connectivity index (χ3n) is 2.91. The van der Waals surface area contributed by atoms with Gasteiger partial charge in [0.25, 0.3) is 0 Å². The van der Waals surface area contributed by atoms with Gasteiger partial charge in [0.2, 0.25) is 0 Å². The Balaban J connectivity index is 3.13. The van der Waals surface area contributed by atoms with Crippen LogP contribution in [0.3, 0.4) is 0 Å². The van der Waals surface area contributed by atoms with Crippen molar-refractivity contribution < 1.29 is 9.50 Å². The van der Waals surface area contributed by atoms with Crippen molar-refractivity contribution in [2.24, 2.45) is 11.7 Å². The molecule has 1 unspecified atom stereocenters. The van der Waals surface area contributed by atoms with E-state index in [0.717, 1.165) is 6.42 Å². The van der Waals surface area contributed by atoms with Crippen molar-refractivity contribution in [1.82, 2.24) is 0 Å². The van der Waals surface area contributed by atoms with Crippen molar-refractivity contribution in [1.29, 1.82) is 0 Å². The van der Waals surface area contributed by atoms with Crippen LogP contribution in [0.1, 0.15) is 37.4 Å². The van der Waals surface area contributed by atoms with Crippen LogP contribution >= 0.6 is 0 Å². The van der Waals surface area contributed by atoms with Crippen LogP contribution in [0.2, 0.25) is 0 Å². The lowest BCUT2D eigenvalue weighted by Crippen LogP contribution is -2.19. The fourth-order valence-corrected chi connectivity index (χ4v) is 1.58. The fraction of sp³-hybridized carbons (Fsp3) is 0.500. The molecule has 2 atom stereocenters. The zero-order chi connectivity index (χ0) is 11.6. The molecular formula is C12H18FNO. The SMILES string of the molecule is CCC(C)[C@H](N)c1cc(F)cc(C)c1O. The summed E-state index contributed by atoms with van der Waals surface area (Å²) in [4.78, 5) is 0. The number of benzene rings is 1. The molecule has 15 heavy (non-hydrogen) atoms. The highest BCUT2D eigenvalue weighted by Gasteiger charge is 2.18. The molecule has 3 N–H and O–H groups in total. The van der Waals surface area contributed by atoms with E-state index in [-0.39, 0.29) is 23.5 Å². The summed E-state index contributed by atoms with van der Waals surface area (Å²) in [6.45, 7) is 5.68. The predicted molar refractivity (Wildman–Crippen MR) is 59.2 cm³/mol. The molecule has 0 aliphatic heterocycles. The Bertz CT molecular complexity index is 352. The highest BCUT2D eigenvalue weighted by atomic mass is 19.1. The molecule has 2 nitrogen and oxygen atoms in total. The summed E-state index contributed by atoms with van der Waals surface area (Å²) in [5.74, 6) is -0.0136. The molecule has 0 radical (unpaired) electrons. The van der Waals surface area contributed by atoms with E-state index >= 15 is 0 Å². The molecule has 0 fully saturated rings. The van der Waals surface area contributed by atoms with Crippen LogP contribution in [-0.2, 0) is 0 Å². The molecular weight excluding hydrogens is 193 g/mol. The van der Waals surface area contributed by atoms with Gasteiger partial charge in [-0.25, -0.2) is 4.39 Å². The Morgan fingerprint density at radius 2 is 2.07 bits per heavy atom. The van der Waals surface area contributed by atoms with Crippen molar-refractivity contribution in [3.05, 3.63) is 29.1 Å². The Morgan fingerprint density at radius 1 is 1.47 bits per heavy atom. The molecule has 1 aromatic rings. The van der Waals surface area contributed by atoms with Crippen molar-refractivity contribution >= 4 is 0 Å². The largest absolute Gasteiger partial charge is 0.507 e. The number of aromatic hydroxyl groups is 1. The van der Waals surface area contributed by atoms with E-state index in [9.17, 15) is 9.50 Å². The maximum Gasteiger partial charge on any atom is 0.124 e. The normalized spacial score (nSPS) is 15.0. The maximum absolute atomic E-state index is 13.2. The van der Waals surface area contributed by atoms with Gasteiger partial charge >= 0.3 is 0 Å². The molecule has 1 aromatic carbocycles. The number of halogens is 1. The molecule has 0 amide bonds. The Kier molecular flexibility index (Phi) is 3.69. The first kappa shape index (κ1) is 12.0. The number of hydrogen-bond donors (Lipinski definition) is 2. The van der Waals surface area contributed by atoms with Gasteiger partial charge in [-0.05, 0) is 30.5 Å². The summed E-state index contributed by atoms with van der Waals surface area (Å²) in [6.07, 6.45) is 0.899. The standard InChI is InChI=1S/C12H18FNO/c1-4-7(2)11(14)10-6-9(13)5-8(3)12(10)15/h5-7,11,15H,4,14H2,1-3H3/t7?,11-/m0/s1. The van der Waals surface area contributed by atoms with E-state index in [2.05, 4.69) is 0 Å². The Hall–Kier alpha value is -1.09. The summed E-state index contributed by atoms with van der Waals surface area (Å²) in [5, 5.41) is 9.79. The molecule has 0 aromatic heterocycles. The van der Waals surface area contributed by atoms with Crippen molar-refractivity contribution in [2.45, 2.75) is 33.2 Å². The second-order valence-electron chi connectivity index (χ2n) is 4.07. The second-order valence-corrected chi connectivity index (χ2v) is 4.07. The molecule has 84 valence electrons. The average molecular weight is 211 g/mol. The van der Waals surface area contributed by atoms with Gasteiger partial charge in [-0.3, -0.25) is 0 Å². The minimum Gasteiger partial charge on any atom is -0.507 e. The van der Waals surface area contributed by atoms with Gasteiger partial charge in [-0.1, -0.05) is 20.3 Å². The number of aryl methyl sites for hydroxylation is 1. The van der Waals surface area contributed by atoms with Gasteiger partial charge in [0, 0.05) is 11.6 Å². The van der Waals surface area contributed by atoms with Gasteiger partial charge in [0.1, 0.15) is 11.6 Å². The van der Waals surface area contributed by atoms with Gasteiger partial charge in [0.15, 0.2) is 0 Å². The Morgan fingerprint density at radius 3 is 2.60 bits per heavy atom. The molecule has 1 rings (SSSR count). The lowest BCUT2D eigenvalue weighted by atomic mass is 9.91. The first-order valence-electron chi connectivity index (χ1n) is 5.22. The predicted octanol–water partition coefficient (Wildman–Crippen LogP) is 2.89. The van der Waals surface area contributed by atoms with Crippen LogP contribution in [0.15, 0.2) is 12.1 Å². The van der Waals surface area contributed by atoms with Crippen LogP contribution in [0, 0.1) is 18.7 Å². The number of rotatable bonds is 3. The first-order valence-corrected chi connectivity index (χ1v) is 5.22. The third-order valence-corrected chi connectivity index (χ3v) is 2.91. The third kappa shape index (κ3) is 2.48. The van der Waals surface area contributed by atoms with Gasteiger partial charge in [-0.15, -0.1) is 0 Å². The number of phenolic OH excluding ortho intramolecular Hbond substituents is 1. The minimum atomic E-state index is -0.348. The number of nitrogens with two attached hydrogens (primary N) is 1. The van der Waals surface area contributed by atoms with Crippen LogP contribution in [-0.4, -0.2) is 5.11 Å². The van der Waals surface area contributed by atoms with Gasteiger partial charge in [0.05, 0.1) is 0 Å². The average Bonchev–Trinajstić information content (AvgIpc) is 2.21. The van der Waals surface area contributed by atoms with E-state index in [1.807, 2.05) is 13.8 Å². The lowest BCUT2D eigenvalue weighted by Gasteiger charge is -2.20. The second kappa shape index (κ2) is 4.62. The van der Waals surface area contributed by atoms with Crippen LogP contribution in [0.5, 0.6) is 5.75 Å². The van der Waals surface area contributed by atoms with E-state index < -0.39 is 0 Å². The summed E-state index contributed by atoms with van der Waals surface area (Å²) in [6, 6.07) is 2.31. The molecule has 0 bridgehead atoms. The topological polar surface area (TPSA) is 46.2 Å². The van der Waals surface area contributed by atoms with Crippen molar-refractivity contribution in [3.63, 3.8) is 0 Å². The lowest BCUT2D eigenvalue weighted by molar-refractivity contribution is 0.414. The Labute approximate surface area is 89.9 Å². The first-order chi connectivity index (χ1) is 6.97. The van der Waals surface area contributed by atoms with Crippen LogP contribution < -0.4 is 5.73 Å². The molecule has 0 saturated heterocycles. The number of phenols is 1. The molecule has 0 saturated carbocycles. The highest BCUT2D eigenvalue weighted by molar-refractivity contribution is 5.42. The molecule has 0 aliphatic rings. The molecule has 0 spiro atoms. The number of hydrogen-bond acceptors (Lipinski definition) is 2. The maximum atomic E-state index is 13.2. The molecule has 3 heteroatoms. The van der Waals surface area contributed by atoms with E-state index in [0.29, 0.717) is 11.1 Å². The highest BCUT2D eigenvalue weighted by Crippen LogP contribution is 2.32. The molecule has 0 heterocycles. The summed E-state index contributed by atoms with van der Waals surface area (Å²) < 4.78 is 13.2. The smallest absolute Gasteiger partial charge is 0.124 e. The molecule has 0 aliphatic carbocycles. The van der Waals surface area contributed by atoms with Crippen LogP contribution in [0.4, 0.5) is 4.39 Å². The van der Waals surface area contributed by atoms with E-state index in [4.69, 9.17) is 5.73 Å². The summed E-state index contributed by atoms with van der Waals surface area (Å²) in [5.41, 5.74) is 6.99. The fourth-order valence-electron chi connectivity index (χ4n) is 1.58. The minimum absolute atomic E-state index is 0.115. The monoisotopic (exact) mass is 211 g/mol. The zero-order valence-electron chi connectivity index (χ0n) is 9.42. The van der Waals surface area contributed by atoms with Gasteiger partial charge < -0.3 is 10.8 Å². The van der Waals surface area contributed by atoms with Gasteiger partial charge in [-0.2, -0.15) is 0 Å². The van der Waals surface area contributed by atoms with Crippen LogP contribution in [0.25, 0.3) is 0 Å². The summed E-state index contributed by atoms with van der Waals surface area (Å²) in [7, 11) is 0. The van der Waals surface area contributed by atoms with E-state index in [1.165, 1.54) is 12.1 Å².